The maximum Gasteiger partial charge on any atom is 0.249 e. The third-order valence-electron chi connectivity index (χ3n) is 4.48. The Morgan fingerprint density at radius 2 is 1.56 bits per heavy atom. The Balaban J connectivity index is 1.58. The minimum Gasteiger partial charge on any atom is -0.325 e. The summed E-state index contributed by atoms with van der Waals surface area (Å²) in [4.78, 5) is 27.9. The Morgan fingerprint density at radius 3 is 2.12 bits per heavy atom. The highest BCUT2D eigenvalue weighted by Gasteiger charge is 2.24. The number of carbonyl (C=O) groups is 2. The molecular formula is C20H21FN6O4S. The van der Waals surface area contributed by atoms with E-state index in [-0.39, 0.29) is 5.91 Å². The van der Waals surface area contributed by atoms with Gasteiger partial charge in [0.1, 0.15) is 29.4 Å². The summed E-state index contributed by atoms with van der Waals surface area (Å²) in [5.41, 5.74) is 0.877. The number of hydrogen-bond acceptors (Lipinski definition) is 6. The molecule has 0 aliphatic rings. The van der Waals surface area contributed by atoms with Gasteiger partial charge in [-0.1, -0.05) is 12.1 Å². The molecule has 0 saturated carbocycles. The monoisotopic (exact) mass is 460 g/mol. The van der Waals surface area contributed by atoms with E-state index in [0.29, 0.717) is 11.4 Å². The van der Waals surface area contributed by atoms with Crippen LogP contribution in [0.2, 0.25) is 0 Å². The molecule has 0 spiro atoms. The second-order valence-corrected chi connectivity index (χ2v) is 8.56. The molecule has 3 N–H and O–H groups in total. The number of sulfonamides is 1. The van der Waals surface area contributed by atoms with Crippen molar-refractivity contribution in [2.75, 3.05) is 10.6 Å². The topological polar surface area (TPSA) is 135 Å². The molecule has 0 saturated heterocycles. The van der Waals surface area contributed by atoms with E-state index < -0.39 is 38.7 Å². The Labute approximate surface area is 183 Å². The Bertz CT molecular complexity index is 1200. The van der Waals surface area contributed by atoms with E-state index in [4.69, 9.17) is 0 Å². The first-order valence-electron chi connectivity index (χ1n) is 9.50. The van der Waals surface area contributed by atoms with Crippen LogP contribution in [0.3, 0.4) is 0 Å². The number of halogens is 1. The fraction of sp³-hybridized carbons (Fsp3) is 0.200. The van der Waals surface area contributed by atoms with Crippen molar-refractivity contribution in [1.29, 1.82) is 0 Å². The van der Waals surface area contributed by atoms with Crippen LogP contribution in [0.1, 0.15) is 19.9 Å². The summed E-state index contributed by atoms with van der Waals surface area (Å²) in [5.74, 6) is -1.85. The van der Waals surface area contributed by atoms with Gasteiger partial charge in [-0.25, -0.2) is 22.5 Å². The largest absolute Gasteiger partial charge is 0.325 e. The fourth-order valence-corrected chi connectivity index (χ4v) is 3.97. The Hall–Kier alpha value is -3.64. The Kier molecular flexibility index (Phi) is 6.95. The molecule has 0 bridgehead atoms. The maximum atomic E-state index is 13.8. The molecule has 3 aromatic rings. The zero-order valence-electron chi connectivity index (χ0n) is 17.2. The van der Waals surface area contributed by atoms with Crippen molar-refractivity contribution in [3.63, 3.8) is 0 Å². The van der Waals surface area contributed by atoms with Crippen molar-refractivity contribution in [3.05, 3.63) is 67.0 Å². The highest BCUT2D eigenvalue weighted by atomic mass is 32.2. The standard InChI is InChI=1S/C20H21FN6O4S/c1-13(26-32(30,31)18-6-4-3-5-17(18)21)19(28)24-15-7-9-16(10-8-15)25-20(29)14(2)27-12-22-11-23-27/h3-14,26H,1-2H3,(H,24,28)(H,25,29)/t13-,14?/m0/s1. The van der Waals surface area contributed by atoms with Crippen LogP contribution < -0.4 is 15.4 Å². The fourth-order valence-electron chi connectivity index (χ4n) is 2.68. The van der Waals surface area contributed by atoms with Crippen LogP contribution in [0.5, 0.6) is 0 Å². The van der Waals surface area contributed by atoms with Crippen LogP contribution in [0, 0.1) is 5.82 Å². The van der Waals surface area contributed by atoms with Gasteiger partial charge in [0.15, 0.2) is 0 Å². The zero-order valence-corrected chi connectivity index (χ0v) is 18.0. The molecule has 1 aromatic heterocycles. The van der Waals surface area contributed by atoms with Crippen molar-refractivity contribution in [3.8, 4) is 0 Å². The molecule has 0 radical (unpaired) electrons. The smallest absolute Gasteiger partial charge is 0.249 e. The molecule has 0 fully saturated rings. The summed E-state index contributed by atoms with van der Waals surface area (Å²) in [6.45, 7) is 3.01. The second kappa shape index (κ2) is 9.66. The molecular weight excluding hydrogens is 439 g/mol. The van der Waals surface area contributed by atoms with Gasteiger partial charge in [-0.05, 0) is 50.2 Å². The number of benzene rings is 2. The number of carbonyl (C=O) groups excluding carboxylic acids is 2. The summed E-state index contributed by atoms with van der Waals surface area (Å²) < 4.78 is 42.0. The molecule has 32 heavy (non-hydrogen) atoms. The van der Waals surface area contributed by atoms with E-state index >= 15 is 0 Å². The first kappa shape index (κ1) is 23.0. The van der Waals surface area contributed by atoms with Crippen molar-refractivity contribution >= 4 is 33.2 Å². The van der Waals surface area contributed by atoms with Crippen LogP contribution in [0.4, 0.5) is 15.8 Å². The summed E-state index contributed by atoms with van der Waals surface area (Å²) >= 11 is 0. The van der Waals surface area contributed by atoms with Gasteiger partial charge in [0, 0.05) is 11.4 Å². The molecule has 2 amide bonds. The number of nitrogens with zero attached hydrogens (tertiary/aromatic N) is 3. The predicted octanol–water partition coefficient (Wildman–Crippen LogP) is 1.92. The molecule has 1 heterocycles. The minimum absolute atomic E-state index is 0.302. The summed E-state index contributed by atoms with van der Waals surface area (Å²) in [6.07, 6.45) is 2.77. The number of hydrogen-bond donors (Lipinski definition) is 3. The quantitative estimate of drug-likeness (QED) is 0.470. The molecule has 10 nitrogen and oxygen atoms in total. The first-order valence-corrected chi connectivity index (χ1v) is 11.0. The maximum absolute atomic E-state index is 13.8. The van der Waals surface area contributed by atoms with E-state index in [1.54, 1.807) is 31.2 Å². The van der Waals surface area contributed by atoms with Crippen LogP contribution in [0.25, 0.3) is 0 Å². The second-order valence-electron chi connectivity index (χ2n) is 6.88. The number of anilines is 2. The van der Waals surface area contributed by atoms with E-state index in [1.165, 1.54) is 36.4 Å². The van der Waals surface area contributed by atoms with Gasteiger partial charge in [-0.2, -0.15) is 9.82 Å². The SMILES string of the molecule is CC(C(=O)Nc1ccc(NC(=O)[C@H](C)NS(=O)(=O)c2ccccc2F)cc1)n1cncn1. The van der Waals surface area contributed by atoms with E-state index in [2.05, 4.69) is 25.4 Å². The van der Waals surface area contributed by atoms with Crippen LogP contribution in [0.15, 0.2) is 66.1 Å². The summed E-state index contributed by atoms with van der Waals surface area (Å²) in [6, 6.07) is 9.40. The number of amides is 2. The van der Waals surface area contributed by atoms with Crippen molar-refractivity contribution in [2.45, 2.75) is 30.8 Å². The van der Waals surface area contributed by atoms with Crippen LogP contribution in [-0.2, 0) is 19.6 Å². The van der Waals surface area contributed by atoms with E-state index in [9.17, 15) is 22.4 Å². The van der Waals surface area contributed by atoms with Crippen LogP contribution >= 0.6 is 0 Å². The van der Waals surface area contributed by atoms with Crippen molar-refractivity contribution in [1.82, 2.24) is 19.5 Å². The van der Waals surface area contributed by atoms with Gasteiger partial charge in [0.25, 0.3) is 0 Å². The van der Waals surface area contributed by atoms with E-state index in [1.807, 2.05) is 0 Å². The van der Waals surface area contributed by atoms with Gasteiger partial charge in [-0.15, -0.1) is 0 Å². The molecule has 0 aliphatic carbocycles. The van der Waals surface area contributed by atoms with Gasteiger partial charge in [0.05, 0.1) is 6.04 Å². The number of nitrogens with one attached hydrogen (secondary N) is 3. The lowest BCUT2D eigenvalue weighted by molar-refractivity contribution is -0.119. The number of rotatable bonds is 8. The van der Waals surface area contributed by atoms with Crippen molar-refractivity contribution in [2.24, 2.45) is 0 Å². The molecule has 12 heteroatoms. The highest BCUT2D eigenvalue weighted by Crippen LogP contribution is 2.17. The van der Waals surface area contributed by atoms with Gasteiger partial charge in [0.2, 0.25) is 21.8 Å². The van der Waals surface area contributed by atoms with Gasteiger partial charge < -0.3 is 10.6 Å². The van der Waals surface area contributed by atoms with Gasteiger partial charge in [-0.3, -0.25) is 9.59 Å². The molecule has 2 atom stereocenters. The summed E-state index contributed by atoms with van der Waals surface area (Å²) in [7, 11) is -4.22. The molecule has 3 rings (SSSR count). The minimum atomic E-state index is -4.22. The lowest BCUT2D eigenvalue weighted by atomic mass is 10.2. The van der Waals surface area contributed by atoms with Gasteiger partial charge >= 0.3 is 0 Å². The lowest BCUT2D eigenvalue weighted by Crippen LogP contribution is -2.41. The van der Waals surface area contributed by atoms with Crippen LogP contribution in [-0.4, -0.2) is 41.0 Å². The molecule has 1 unspecified atom stereocenters. The summed E-state index contributed by atoms with van der Waals surface area (Å²) in [5, 5.41) is 9.20. The Morgan fingerprint density at radius 1 is 0.969 bits per heavy atom. The highest BCUT2D eigenvalue weighted by molar-refractivity contribution is 7.89. The average Bonchev–Trinajstić information content (AvgIpc) is 3.29. The third-order valence-corrected chi connectivity index (χ3v) is 6.06. The average molecular weight is 460 g/mol. The van der Waals surface area contributed by atoms with Crippen molar-refractivity contribution < 1.29 is 22.4 Å². The third kappa shape index (κ3) is 5.53. The van der Waals surface area contributed by atoms with E-state index in [0.717, 1.165) is 12.1 Å². The lowest BCUT2D eigenvalue weighted by Gasteiger charge is -2.15. The number of aromatic nitrogens is 3. The predicted molar refractivity (Wildman–Crippen MR) is 115 cm³/mol. The molecule has 168 valence electrons. The first-order chi connectivity index (χ1) is 15.2. The normalized spacial score (nSPS) is 13.2. The molecule has 0 aliphatic heterocycles. The zero-order chi connectivity index (χ0) is 23.3. The molecule has 2 aromatic carbocycles.